The van der Waals surface area contributed by atoms with E-state index >= 15 is 0 Å². The highest BCUT2D eigenvalue weighted by atomic mass is 35.5. The van der Waals surface area contributed by atoms with Crippen LogP contribution in [0.1, 0.15) is 28.8 Å². The van der Waals surface area contributed by atoms with Crippen LogP contribution in [0.25, 0.3) is 0 Å². The summed E-state index contributed by atoms with van der Waals surface area (Å²) in [6, 6.07) is 18.2. The number of urea groups is 1. The normalized spacial score (nSPS) is 13.8. The van der Waals surface area contributed by atoms with E-state index in [9.17, 15) is 26.8 Å². The van der Waals surface area contributed by atoms with Crippen LogP contribution in [-0.2, 0) is 16.4 Å². The number of hydrogen-bond donors (Lipinski definition) is 2. The molecule has 1 aliphatic rings. The lowest BCUT2D eigenvalue weighted by Gasteiger charge is -2.38. The highest BCUT2D eigenvalue weighted by Gasteiger charge is 2.30. The monoisotopic (exact) mass is 671 g/mol. The zero-order chi connectivity index (χ0) is 32.1. The van der Waals surface area contributed by atoms with E-state index in [0.29, 0.717) is 49.8 Å². The van der Waals surface area contributed by atoms with Crippen LogP contribution in [0.3, 0.4) is 0 Å². The molecule has 0 unspecified atom stereocenters. The van der Waals surface area contributed by atoms with E-state index < -0.39 is 33.4 Å². The summed E-state index contributed by atoms with van der Waals surface area (Å²) < 4.78 is 57.2. The molecule has 4 aromatic rings. The van der Waals surface area contributed by atoms with Gasteiger partial charge in [0, 0.05) is 55.6 Å². The molecule has 0 bridgehead atoms. The molecule has 3 N–H and O–H groups in total. The standard InChI is InChI=1S/C32H31F2N5O5S.ClH/c1-45(42,43)27-9-7-26(8-10-27)44-30-12-5-21(19-36-30)20-38-15-13-24(14-16-38)39(25-4-2-3-22(33)17-25)32(41)37-23-6-11-29(34)28(18-23)31(35)40;/h2-12,17-19,24H,13-16,20H2,1H3,(H2,35,40)(H,37,41);1H. The van der Waals surface area contributed by atoms with Crippen molar-refractivity contribution in [3.8, 4) is 11.6 Å². The molecule has 0 spiro atoms. The first-order valence-corrected chi connectivity index (χ1v) is 16.0. The van der Waals surface area contributed by atoms with Crippen molar-refractivity contribution in [1.82, 2.24) is 9.88 Å². The zero-order valence-corrected chi connectivity index (χ0v) is 26.4. The van der Waals surface area contributed by atoms with Crippen LogP contribution >= 0.6 is 12.4 Å². The number of rotatable bonds is 9. The predicted octanol–water partition coefficient (Wildman–Crippen LogP) is 5.78. The summed E-state index contributed by atoms with van der Waals surface area (Å²) in [6.45, 7) is 1.91. The third kappa shape index (κ3) is 8.56. The van der Waals surface area contributed by atoms with Crippen molar-refractivity contribution in [2.45, 2.75) is 30.3 Å². The molecule has 0 saturated carbocycles. The molecule has 3 aromatic carbocycles. The molecule has 1 aliphatic heterocycles. The molecule has 2 heterocycles. The Bertz CT molecular complexity index is 1800. The van der Waals surface area contributed by atoms with Crippen molar-refractivity contribution in [1.29, 1.82) is 0 Å². The summed E-state index contributed by atoms with van der Waals surface area (Å²) in [5.41, 5.74) is 6.40. The first kappa shape index (κ1) is 34.3. The predicted molar refractivity (Wildman–Crippen MR) is 172 cm³/mol. The lowest BCUT2D eigenvalue weighted by molar-refractivity contribution is 0.0996. The Kier molecular flexibility index (Phi) is 10.9. The SMILES string of the molecule is CS(=O)(=O)c1ccc(Oc2ccc(CN3CCC(N(C(=O)Nc4ccc(F)c(C(N)=O)c4)c4cccc(F)c4)CC3)cn2)cc1.Cl. The van der Waals surface area contributed by atoms with Gasteiger partial charge < -0.3 is 15.8 Å². The maximum atomic E-state index is 14.2. The van der Waals surface area contributed by atoms with Gasteiger partial charge in [0.15, 0.2) is 9.84 Å². The Morgan fingerprint density at radius 3 is 2.35 bits per heavy atom. The van der Waals surface area contributed by atoms with Crippen molar-refractivity contribution in [2.24, 2.45) is 5.73 Å². The van der Waals surface area contributed by atoms with Gasteiger partial charge in [-0.15, -0.1) is 12.4 Å². The summed E-state index contributed by atoms with van der Waals surface area (Å²) in [4.78, 5) is 33.4. The van der Waals surface area contributed by atoms with Gasteiger partial charge in [0.05, 0.1) is 10.5 Å². The summed E-state index contributed by atoms with van der Waals surface area (Å²) in [6.07, 6.45) is 4.04. The molecule has 1 saturated heterocycles. The number of piperidine rings is 1. The Morgan fingerprint density at radius 1 is 1.02 bits per heavy atom. The van der Waals surface area contributed by atoms with E-state index in [1.165, 1.54) is 47.4 Å². The molecule has 10 nitrogen and oxygen atoms in total. The summed E-state index contributed by atoms with van der Waals surface area (Å²) in [5.74, 6) is -1.42. The number of amides is 3. The summed E-state index contributed by atoms with van der Waals surface area (Å²) in [5, 5.41) is 2.69. The van der Waals surface area contributed by atoms with Gasteiger partial charge in [-0.05, 0) is 79.1 Å². The molecule has 46 heavy (non-hydrogen) atoms. The number of carbonyl (C=O) groups excluding carboxylic acids is 2. The van der Waals surface area contributed by atoms with E-state index in [0.717, 1.165) is 17.9 Å². The number of likely N-dealkylation sites (tertiary alicyclic amines) is 1. The molecule has 14 heteroatoms. The highest BCUT2D eigenvalue weighted by Crippen LogP contribution is 2.27. The number of aromatic nitrogens is 1. The van der Waals surface area contributed by atoms with Crippen molar-refractivity contribution < 1.29 is 31.5 Å². The van der Waals surface area contributed by atoms with Crippen molar-refractivity contribution in [2.75, 3.05) is 29.6 Å². The molecule has 1 aromatic heterocycles. The van der Waals surface area contributed by atoms with Gasteiger partial charge in [0.25, 0.3) is 5.91 Å². The molecule has 3 amide bonds. The fraction of sp³-hybridized carbons (Fsp3) is 0.219. The minimum Gasteiger partial charge on any atom is -0.439 e. The molecule has 1 fully saturated rings. The van der Waals surface area contributed by atoms with Crippen molar-refractivity contribution in [3.63, 3.8) is 0 Å². The second-order valence-corrected chi connectivity index (χ2v) is 12.7. The van der Waals surface area contributed by atoms with E-state index in [4.69, 9.17) is 10.5 Å². The number of carbonyl (C=O) groups is 2. The van der Waals surface area contributed by atoms with Crippen LogP contribution in [0.15, 0.2) is 90.0 Å². The third-order valence-electron chi connectivity index (χ3n) is 7.39. The average Bonchev–Trinajstić information content (AvgIpc) is 3.00. The minimum absolute atomic E-state index is 0. The van der Waals surface area contributed by atoms with Gasteiger partial charge in [-0.25, -0.2) is 27.0 Å². The zero-order valence-electron chi connectivity index (χ0n) is 24.7. The number of nitrogens with two attached hydrogens (primary N) is 1. The van der Waals surface area contributed by atoms with Crippen LogP contribution in [0.2, 0.25) is 0 Å². The van der Waals surface area contributed by atoms with Crippen molar-refractivity contribution >= 4 is 45.6 Å². The lowest BCUT2D eigenvalue weighted by Crippen LogP contribution is -2.49. The number of halogens is 3. The van der Waals surface area contributed by atoms with Gasteiger partial charge in [0.1, 0.15) is 17.4 Å². The smallest absolute Gasteiger partial charge is 0.326 e. The van der Waals surface area contributed by atoms with Crippen molar-refractivity contribution in [3.05, 3.63) is 108 Å². The Labute approximate surface area is 271 Å². The largest absolute Gasteiger partial charge is 0.439 e. The number of primary amides is 1. The van der Waals surface area contributed by atoms with Crippen LogP contribution in [0, 0.1) is 11.6 Å². The fourth-order valence-electron chi connectivity index (χ4n) is 5.13. The quantitative estimate of drug-likeness (QED) is 0.230. The number of anilines is 2. The molecule has 0 atom stereocenters. The second kappa shape index (κ2) is 14.7. The molecule has 0 aliphatic carbocycles. The Hall–Kier alpha value is -4.59. The number of nitrogens with one attached hydrogen (secondary N) is 1. The molecular formula is C32H32ClF2N5O5S. The number of pyridine rings is 1. The first-order chi connectivity index (χ1) is 21.5. The van der Waals surface area contributed by atoms with E-state index in [-0.39, 0.29) is 34.6 Å². The molecule has 0 radical (unpaired) electrons. The maximum absolute atomic E-state index is 14.2. The summed E-state index contributed by atoms with van der Waals surface area (Å²) in [7, 11) is -3.30. The third-order valence-corrected chi connectivity index (χ3v) is 8.52. The molecule has 5 rings (SSSR count). The number of nitrogens with zero attached hydrogens (tertiary/aromatic N) is 3. The first-order valence-electron chi connectivity index (χ1n) is 14.1. The average molecular weight is 672 g/mol. The number of benzene rings is 3. The van der Waals surface area contributed by atoms with Gasteiger partial charge in [-0.2, -0.15) is 0 Å². The Morgan fingerprint density at radius 2 is 1.74 bits per heavy atom. The number of hydrogen-bond acceptors (Lipinski definition) is 7. The van der Waals surface area contributed by atoms with Gasteiger partial charge >= 0.3 is 6.03 Å². The van der Waals surface area contributed by atoms with Gasteiger partial charge in [-0.3, -0.25) is 14.6 Å². The van der Waals surface area contributed by atoms with E-state index in [2.05, 4.69) is 15.2 Å². The molecular weight excluding hydrogens is 640 g/mol. The van der Waals surface area contributed by atoms with Gasteiger partial charge in [-0.1, -0.05) is 12.1 Å². The van der Waals surface area contributed by atoms with Crippen LogP contribution in [0.4, 0.5) is 25.0 Å². The van der Waals surface area contributed by atoms with Crippen LogP contribution < -0.4 is 20.7 Å². The maximum Gasteiger partial charge on any atom is 0.326 e. The van der Waals surface area contributed by atoms with Gasteiger partial charge in [0.2, 0.25) is 5.88 Å². The molecule has 242 valence electrons. The van der Waals surface area contributed by atoms with Crippen LogP contribution in [-0.4, -0.2) is 55.6 Å². The van der Waals surface area contributed by atoms with E-state index in [1.54, 1.807) is 30.5 Å². The minimum atomic E-state index is -3.30. The second-order valence-electron chi connectivity index (χ2n) is 10.7. The Balaban J connectivity index is 0.00000480. The highest BCUT2D eigenvalue weighted by molar-refractivity contribution is 7.90. The number of ether oxygens (including phenoxy) is 1. The number of sulfone groups is 1. The summed E-state index contributed by atoms with van der Waals surface area (Å²) >= 11 is 0. The topological polar surface area (TPSA) is 135 Å². The van der Waals surface area contributed by atoms with Crippen LogP contribution in [0.5, 0.6) is 11.6 Å². The van der Waals surface area contributed by atoms with E-state index in [1.807, 2.05) is 6.07 Å². The fourth-order valence-corrected chi connectivity index (χ4v) is 5.76. The lowest BCUT2D eigenvalue weighted by atomic mass is 10.0.